The summed E-state index contributed by atoms with van der Waals surface area (Å²) in [7, 11) is 0. The van der Waals surface area contributed by atoms with Crippen molar-refractivity contribution >= 4 is 35.1 Å². The molecule has 0 fully saturated rings. The number of nitrogens with one attached hydrogen (secondary N) is 1. The fourth-order valence-electron chi connectivity index (χ4n) is 1.84. The van der Waals surface area contributed by atoms with Crippen LogP contribution >= 0.6 is 23.2 Å². The number of ether oxygens (including phenoxy) is 2. The zero-order valence-corrected chi connectivity index (χ0v) is 16.1. The number of aliphatic carboxylic acids is 1. The van der Waals surface area contributed by atoms with Crippen LogP contribution in [-0.2, 0) is 14.3 Å². The number of rotatable bonds is 8. The molecule has 0 aliphatic rings. The minimum Gasteiger partial charge on any atom is -0.481 e. The first kappa shape index (κ1) is 21.5. The molecule has 8 heteroatoms. The van der Waals surface area contributed by atoms with Gasteiger partial charge in [0, 0.05) is 19.1 Å². The minimum absolute atomic E-state index is 0.151. The van der Waals surface area contributed by atoms with Crippen molar-refractivity contribution in [2.45, 2.75) is 51.9 Å². The maximum Gasteiger partial charge on any atom is 0.326 e. The minimum atomic E-state index is -1.13. The summed E-state index contributed by atoms with van der Waals surface area (Å²) < 4.78 is 11.0. The van der Waals surface area contributed by atoms with Crippen LogP contribution in [-0.4, -0.2) is 41.3 Å². The zero-order valence-electron chi connectivity index (χ0n) is 14.6. The molecule has 1 amide bonds. The van der Waals surface area contributed by atoms with Crippen molar-refractivity contribution in [2.75, 3.05) is 6.61 Å². The van der Waals surface area contributed by atoms with Crippen molar-refractivity contribution in [1.29, 1.82) is 0 Å². The highest BCUT2D eigenvalue weighted by Crippen LogP contribution is 2.26. The molecule has 2 N–H and O–H groups in total. The Morgan fingerprint density at radius 2 is 1.88 bits per heavy atom. The second-order valence-corrected chi connectivity index (χ2v) is 7.30. The molecule has 140 valence electrons. The van der Waals surface area contributed by atoms with E-state index in [0.29, 0.717) is 15.8 Å². The number of amides is 1. The molecule has 0 heterocycles. The summed E-state index contributed by atoms with van der Waals surface area (Å²) in [5.41, 5.74) is -0.378. The predicted molar refractivity (Wildman–Crippen MR) is 96.4 cm³/mol. The largest absolute Gasteiger partial charge is 0.481 e. The summed E-state index contributed by atoms with van der Waals surface area (Å²) in [5.74, 6) is -1.32. The molecule has 0 aliphatic carbocycles. The van der Waals surface area contributed by atoms with E-state index >= 15 is 0 Å². The first-order chi connectivity index (χ1) is 11.5. The smallest absolute Gasteiger partial charge is 0.326 e. The van der Waals surface area contributed by atoms with Gasteiger partial charge in [-0.05, 0) is 39.8 Å². The Balaban J connectivity index is 2.60. The van der Waals surface area contributed by atoms with E-state index in [1.165, 1.54) is 13.0 Å². The molecule has 0 radical (unpaired) electrons. The third-order valence-corrected chi connectivity index (χ3v) is 3.87. The van der Waals surface area contributed by atoms with Crippen molar-refractivity contribution < 1.29 is 24.2 Å². The van der Waals surface area contributed by atoms with Gasteiger partial charge in [-0.15, -0.1) is 0 Å². The molecular weight excluding hydrogens is 369 g/mol. The summed E-state index contributed by atoms with van der Waals surface area (Å²) >= 11 is 11.7. The average Bonchev–Trinajstić information content (AvgIpc) is 2.48. The lowest BCUT2D eigenvalue weighted by Crippen LogP contribution is -2.47. The van der Waals surface area contributed by atoms with Crippen molar-refractivity contribution in [2.24, 2.45) is 0 Å². The molecule has 1 aromatic rings. The number of benzene rings is 1. The van der Waals surface area contributed by atoms with Crippen molar-refractivity contribution in [3.8, 4) is 5.75 Å². The van der Waals surface area contributed by atoms with Crippen LogP contribution in [0.4, 0.5) is 0 Å². The lowest BCUT2D eigenvalue weighted by molar-refractivity contribution is -0.143. The molecule has 0 aromatic heterocycles. The van der Waals surface area contributed by atoms with E-state index < -0.39 is 24.0 Å². The van der Waals surface area contributed by atoms with Gasteiger partial charge in [0.2, 0.25) is 0 Å². The number of carbonyl (C=O) groups is 2. The number of carboxylic acids is 1. The Kier molecular flexibility index (Phi) is 7.99. The van der Waals surface area contributed by atoms with E-state index in [0.717, 1.165) is 0 Å². The Morgan fingerprint density at radius 3 is 2.40 bits per heavy atom. The first-order valence-corrected chi connectivity index (χ1v) is 8.54. The van der Waals surface area contributed by atoms with Crippen LogP contribution < -0.4 is 10.1 Å². The van der Waals surface area contributed by atoms with Gasteiger partial charge in [0.15, 0.2) is 6.10 Å². The summed E-state index contributed by atoms with van der Waals surface area (Å²) in [5, 5.41) is 12.4. The van der Waals surface area contributed by atoms with Crippen LogP contribution in [0.3, 0.4) is 0 Å². The summed E-state index contributed by atoms with van der Waals surface area (Å²) in [6.45, 7) is 7.34. The molecule has 0 bridgehead atoms. The highest BCUT2D eigenvalue weighted by Gasteiger charge is 2.24. The fourth-order valence-corrected chi connectivity index (χ4v) is 2.13. The highest BCUT2D eigenvalue weighted by molar-refractivity contribution is 6.42. The van der Waals surface area contributed by atoms with Crippen LogP contribution in [0.1, 0.15) is 34.1 Å². The maximum absolute atomic E-state index is 12.2. The monoisotopic (exact) mass is 391 g/mol. The molecule has 25 heavy (non-hydrogen) atoms. The number of hydrogen-bond acceptors (Lipinski definition) is 4. The van der Waals surface area contributed by atoms with Crippen molar-refractivity contribution in [1.82, 2.24) is 5.32 Å². The maximum atomic E-state index is 12.2. The van der Waals surface area contributed by atoms with E-state index in [9.17, 15) is 14.7 Å². The number of halogens is 2. The molecule has 2 atom stereocenters. The average molecular weight is 392 g/mol. The highest BCUT2D eigenvalue weighted by atomic mass is 35.5. The second-order valence-electron chi connectivity index (χ2n) is 6.48. The van der Waals surface area contributed by atoms with Crippen molar-refractivity contribution in [3.63, 3.8) is 0 Å². The van der Waals surface area contributed by atoms with E-state index in [1.54, 1.807) is 12.1 Å². The van der Waals surface area contributed by atoms with Crippen molar-refractivity contribution in [3.05, 3.63) is 28.2 Å². The second kappa shape index (κ2) is 9.27. The van der Waals surface area contributed by atoms with Gasteiger partial charge < -0.3 is 19.9 Å². The topological polar surface area (TPSA) is 84.9 Å². The third-order valence-electron chi connectivity index (χ3n) is 3.13. The fraction of sp³-hybridized carbons (Fsp3) is 0.529. The van der Waals surface area contributed by atoms with Crippen LogP contribution in [0.2, 0.25) is 10.0 Å². The molecule has 0 spiro atoms. The van der Waals surface area contributed by atoms with Gasteiger partial charge in [-0.1, -0.05) is 23.2 Å². The molecule has 0 aliphatic heterocycles. The Hall–Kier alpha value is -1.50. The van der Waals surface area contributed by atoms with Gasteiger partial charge in [0.1, 0.15) is 11.8 Å². The van der Waals surface area contributed by atoms with Crippen LogP contribution in [0.5, 0.6) is 5.75 Å². The SMILES string of the molecule is CC(Oc1ccc(Cl)c(Cl)c1)C(=O)NC(CCOC(C)(C)C)C(=O)O. The van der Waals surface area contributed by atoms with Gasteiger partial charge in [0.25, 0.3) is 5.91 Å². The number of hydrogen-bond donors (Lipinski definition) is 2. The summed E-state index contributed by atoms with van der Waals surface area (Å²) in [6, 6.07) is 3.55. The lowest BCUT2D eigenvalue weighted by Gasteiger charge is -2.22. The molecule has 1 aromatic carbocycles. The quantitative estimate of drug-likeness (QED) is 0.707. The van der Waals surface area contributed by atoms with E-state index in [2.05, 4.69) is 5.32 Å². The van der Waals surface area contributed by atoms with Gasteiger partial charge in [0.05, 0.1) is 15.6 Å². The molecule has 0 saturated carbocycles. The van der Waals surface area contributed by atoms with Crippen LogP contribution in [0.15, 0.2) is 18.2 Å². The van der Waals surface area contributed by atoms with Crippen LogP contribution in [0, 0.1) is 0 Å². The molecule has 1 rings (SSSR count). The number of carboxylic acid groups (broad SMARTS) is 1. The van der Waals surface area contributed by atoms with E-state index in [4.69, 9.17) is 32.7 Å². The van der Waals surface area contributed by atoms with Gasteiger partial charge in [-0.3, -0.25) is 4.79 Å². The third kappa shape index (κ3) is 7.94. The zero-order chi connectivity index (χ0) is 19.2. The molecular formula is C17H23Cl2NO5. The Morgan fingerprint density at radius 1 is 1.24 bits per heavy atom. The van der Waals surface area contributed by atoms with Gasteiger partial charge in [-0.2, -0.15) is 0 Å². The molecule has 0 saturated heterocycles. The Bertz CT molecular complexity index is 616. The lowest BCUT2D eigenvalue weighted by atomic mass is 10.1. The summed E-state index contributed by atoms with van der Waals surface area (Å²) in [6.07, 6.45) is -0.750. The first-order valence-electron chi connectivity index (χ1n) is 7.78. The summed E-state index contributed by atoms with van der Waals surface area (Å²) in [4.78, 5) is 23.5. The van der Waals surface area contributed by atoms with E-state index in [1.807, 2.05) is 20.8 Å². The molecule has 2 unspecified atom stereocenters. The van der Waals surface area contributed by atoms with E-state index in [-0.39, 0.29) is 18.6 Å². The standard InChI is InChI=1S/C17H23Cl2NO5/c1-10(25-11-5-6-12(18)13(19)9-11)15(21)20-14(16(22)23)7-8-24-17(2,3)4/h5-6,9-10,14H,7-8H2,1-4H3,(H,20,21)(H,22,23). The van der Waals surface area contributed by atoms with Crippen LogP contribution in [0.25, 0.3) is 0 Å². The van der Waals surface area contributed by atoms with Gasteiger partial charge in [-0.25, -0.2) is 4.79 Å². The normalized spacial score (nSPS) is 13.8. The van der Waals surface area contributed by atoms with Gasteiger partial charge >= 0.3 is 5.97 Å². The number of carbonyl (C=O) groups excluding carboxylic acids is 1. The predicted octanol–water partition coefficient (Wildman–Crippen LogP) is 3.54. The molecule has 6 nitrogen and oxygen atoms in total. The Labute approximate surface area is 157 Å².